The topological polar surface area (TPSA) is 15.3 Å². The first-order chi connectivity index (χ1) is 9.33. The number of nitrogens with zero attached hydrogens (tertiary/aromatic N) is 1. The molecule has 0 saturated carbocycles. The van der Waals surface area contributed by atoms with E-state index in [-0.39, 0.29) is 0 Å². The summed E-state index contributed by atoms with van der Waals surface area (Å²) in [4.78, 5) is 2.44. The molecular weight excluding hydrogens is 232 g/mol. The average Bonchev–Trinajstić information content (AvgIpc) is 2.47. The minimum atomic E-state index is 0.950. The van der Waals surface area contributed by atoms with Crippen LogP contribution in [0, 0.1) is 0 Å². The average molecular weight is 256 g/mol. The minimum absolute atomic E-state index is 0.950. The summed E-state index contributed by atoms with van der Waals surface area (Å²) in [5.74, 6) is 0. The van der Waals surface area contributed by atoms with Gasteiger partial charge in [-0.25, -0.2) is 0 Å². The number of hydrogen-bond acceptors (Lipinski definition) is 2. The van der Waals surface area contributed by atoms with Gasteiger partial charge in [-0.15, -0.1) is 0 Å². The van der Waals surface area contributed by atoms with Crippen molar-refractivity contribution in [3.05, 3.63) is 48.0 Å². The first kappa shape index (κ1) is 14.0. The molecule has 1 N–H and O–H groups in total. The third-order valence-corrected chi connectivity index (χ3v) is 3.64. The molecule has 0 aliphatic heterocycles. The second-order valence-electron chi connectivity index (χ2n) is 4.89. The summed E-state index contributed by atoms with van der Waals surface area (Å²) in [6, 6.07) is 15.2. The van der Waals surface area contributed by atoms with E-state index in [2.05, 4.69) is 66.5 Å². The molecule has 2 aromatic carbocycles. The Hall–Kier alpha value is -1.38. The van der Waals surface area contributed by atoms with Gasteiger partial charge in [-0.05, 0) is 35.5 Å². The Labute approximate surface area is 116 Å². The van der Waals surface area contributed by atoms with Crippen molar-refractivity contribution in [2.45, 2.75) is 20.4 Å². The predicted molar refractivity (Wildman–Crippen MR) is 83.4 cm³/mol. The van der Waals surface area contributed by atoms with Crippen LogP contribution in [-0.4, -0.2) is 31.1 Å². The first-order valence-electron chi connectivity index (χ1n) is 7.24. The van der Waals surface area contributed by atoms with Gasteiger partial charge in [0.25, 0.3) is 0 Å². The van der Waals surface area contributed by atoms with Crippen LogP contribution in [-0.2, 0) is 6.54 Å². The van der Waals surface area contributed by atoms with Crippen molar-refractivity contribution in [2.75, 3.05) is 26.2 Å². The highest BCUT2D eigenvalue weighted by molar-refractivity contribution is 5.82. The zero-order valence-electron chi connectivity index (χ0n) is 12.0. The fraction of sp³-hybridized carbons (Fsp3) is 0.412. The van der Waals surface area contributed by atoms with Crippen LogP contribution in [0.25, 0.3) is 10.8 Å². The fourth-order valence-corrected chi connectivity index (χ4v) is 2.36. The van der Waals surface area contributed by atoms with Crippen molar-refractivity contribution >= 4 is 10.8 Å². The van der Waals surface area contributed by atoms with Gasteiger partial charge in [0, 0.05) is 19.6 Å². The molecular formula is C17H24N2. The normalized spacial score (nSPS) is 11.3. The lowest BCUT2D eigenvalue weighted by Crippen LogP contribution is -2.31. The number of benzene rings is 2. The van der Waals surface area contributed by atoms with Crippen molar-refractivity contribution in [2.24, 2.45) is 0 Å². The summed E-state index contributed by atoms with van der Waals surface area (Å²) in [7, 11) is 0. The summed E-state index contributed by atoms with van der Waals surface area (Å²) in [6.45, 7) is 9.82. The van der Waals surface area contributed by atoms with Gasteiger partial charge in [-0.1, -0.05) is 50.2 Å². The molecule has 0 aliphatic rings. The summed E-state index contributed by atoms with van der Waals surface area (Å²) < 4.78 is 0. The second kappa shape index (κ2) is 7.27. The lowest BCUT2D eigenvalue weighted by atomic mass is 10.1. The Morgan fingerprint density at radius 2 is 1.68 bits per heavy atom. The zero-order valence-corrected chi connectivity index (χ0v) is 12.0. The third kappa shape index (κ3) is 4.05. The maximum atomic E-state index is 3.52. The van der Waals surface area contributed by atoms with Crippen molar-refractivity contribution < 1.29 is 0 Å². The van der Waals surface area contributed by atoms with E-state index in [9.17, 15) is 0 Å². The number of fused-ring (bicyclic) bond motifs is 1. The maximum Gasteiger partial charge on any atom is 0.0206 e. The Morgan fingerprint density at radius 1 is 0.947 bits per heavy atom. The van der Waals surface area contributed by atoms with Crippen LogP contribution in [0.4, 0.5) is 0 Å². The fourth-order valence-electron chi connectivity index (χ4n) is 2.36. The molecule has 0 heterocycles. The molecule has 2 nitrogen and oxygen atoms in total. The summed E-state index contributed by atoms with van der Waals surface area (Å²) >= 11 is 0. The number of rotatable bonds is 7. The highest BCUT2D eigenvalue weighted by Crippen LogP contribution is 2.15. The molecule has 0 aromatic heterocycles. The van der Waals surface area contributed by atoms with Gasteiger partial charge in [0.05, 0.1) is 0 Å². The zero-order chi connectivity index (χ0) is 13.5. The molecule has 2 heteroatoms. The molecule has 0 unspecified atom stereocenters. The van der Waals surface area contributed by atoms with E-state index in [0.717, 1.165) is 32.7 Å². The lowest BCUT2D eigenvalue weighted by Gasteiger charge is -2.18. The van der Waals surface area contributed by atoms with Gasteiger partial charge in [-0.2, -0.15) is 0 Å². The van der Waals surface area contributed by atoms with E-state index in [1.165, 1.54) is 16.3 Å². The SMILES string of the molecule is CCN(CC)CCNCc1ccc2ccccc2c1. The molecule has 0 amide bonds. The van der Waals surface area contributed by atoms with E-state index in [4.69, 9.17) is 0 Å². The third-order valence-electron chi connectivity index (χ3n) is 3.64. The van der Waals surface area contributed by atoms with Gasteiger partial charge in [0.1, 0.15) is 0 Å². The molecule has 0 bridgehead atoms. The Kier molecular flexibility index (Phi) is 5.37. The Bertz CT molecular complexity index is 503. The molecule has 0 atom stereocenters. The summed E-state index contributed by atoms with van der Waals surface area (Å²) in [5.41, 5.74) is 1.36. The van der Waals surface area contributed by atoms with Crippen LogP contribution in [0.2, 0.25) is 0 Å². The Morgan fingerprint density at radius 3 is 2.42 bits per heavy atom. The number of nitrogens with one attached hydrogen (secondary N) is 1. The van der Waals surface area contributed by atoms with E-state index < -0.39 is 0 Å². The van der Waals surface area contributed by atoms with Crippen molar-refractivity contribution in [1.82, 2.24) is 10.2 Å². The predicted octanol–water partition coefficient (Wildman–Crippen LogP) is 3.27. The van der Waals surface area contributed by atoms with E-state index in [0.29, 0.717) is 0 Å². The van der Waals surface area contributed by atoms with Crippen LogP contribution in [0.5, 0.6) is 0 Å². The molecule has 0 aliphatic carbocycles. The summed E-state index contributed by atoms with van der Waals surface area (Å²) in [5, 5.41) is 6.16. The van der Waals surface area contributed by atoms with E-state index >= 15 is 0 Å². The number of likely N-dealkylation sites (N-methyl/N-ethyl adjacent to an activating group) is 1. The van der Waals surface area contributed by atoms with Crippen LogP contribution in [0.1, 0.15) is 19.4 Å². The molecule has 19 heavy (non-hydrogen) atoms. The van der Waals surface area contributed by atoms with Crippen molar-refractivity contribution in [3.63, 3.8) is 0 Å². The van der Waals surface area contributed by atoms with Gasteiger partial charge in [-0.3, -0.25) is 0 Å². The largest absolute Gasteiger partial charge is 0.311 e. The standard InChI is InChI=1S/C17H24N2/c1-3-19(4-2)12-11-18-14-15-9-10-16-7-5-6-8-17(16)13-15/h5-10,13,18H,3-4,11-12,14H2,1-2H3. The molecule has 0 radical (unpaired) electrons. The van der Waals surface area contributed by atoms with Gasteiger partial charge in [0.2, 0.25) is 0 Å². The summed E-state index contributed by atoms with van der Waals surface area (Å²) in [6.07, 6.45) is 0. The monoisotopic (exact) mass is 256 g/mol. The van der Waals surface area contributed by atoms with Gasteiger partial charge in [0.15, 0.2) is 0 Å². The molecule has 2 aromatic rings. The smallest absolute Gasteiger partial charge is 0.0206 e. The molecule has 2 rings (SSSR count). The molecule has 0 saturated heterocycles. The van der Waals surface area contributed by atoms with E-state index in [1.54, 1.807) is 0 Å². The molecule has 0 spiro atoms. The second-order valence-corrected chi connectivity index (χ2v) is 4.89. The quantitative estimate of drug-likeness (QED) is 0.765. The maximum absolute atomic E-state index is 3.52. The van der Waals surface area contributed by atoms with Crippen LogP contribution in [0.15, 0.2) is 42.5 Å². The molecule has 0 fully saturated rings. The first-order valence-corrected chi connectivity index (χ1v) is 7.24. The highest BCUT2D eigenvalue weighted by Gasteiger charge is 1.99. The lowest BCUT2D eigenvalue weighted by molar-refractivity contribution is 0.302. The van der Waals surface area contributed by atoms with Crippen LogP contribution >= 0.6 is 0 Å². The van der Waals surface area contributed by atoms with Crippen molar-refractivity contribution in [3.8, 4) is 0 Å². The Balaban J connectivity index is 1.84. The van der Waals surface area contributed by atoms with E-state index in [1.807, 2.05) is 0 Å². The van der Waals surface area contributed by atoms with Gasteiger partial charge >= 0.3 is 0 Å². The minimum Gasteiger partial charge on any atom is -0.311 e. The highest BCUT2D eigenvalue weighted by atomic mass is 15.1. The number of hydrogen-bond donors (Lipinski definition) is 1. The molecule has 102 valence electrons. The van der Waals surface area contributed by atoms with Crippen LogP contribution in [0.3, 0.4) is 0 Å². The van der Waals surface area contributed by atoms with Gasteiger partial charge < -0.3 is 10.2 Å². The van der Waals surface area contributed by atoms with Crippen molar-refractivity contribution in [1.29, 1.82) is 0 Å². The van der Waals surface area contributed by atoms with Crippen LogP contribution < -0.4 is 5.32 Å².